The van der Waals surface area contributed by atoms with Crippen LogP contribution in [0.4, 0.5) is 5.69 Å². The van der Waals surface area contributed by atoms with Crippen molar-refractivity contribution < 1.29 is 9.59 Å². The van der Waals surface area contributed by atoms with Crippen LogP contribution >= 0.6 is 23.1 Å². The maximum Gasteiger partial charge on any atom is 0.255 e. The standard InChI is InChI=1S/C12H18N2O2S2/c1-5-17-12-7(11(16)14-4)8(13)10(18-12)9(15)6(2)3/h6H,5,13H2,1-4H3,(H,14,16). The fraction of sp³-hybridized carbons (Fsp3) is 0.500. The van der Waals surface area contributed by atoms with E-state index in [9.17, 15) is 9.59 Å². The van der Waals surface area contributed by atoms with Gasteiger partial charge in [0.2, 0.25) is 0 Å². The predicted octanol–water partition coefficient (Wildman–Crippen LogP) is 2.64. The molecule has 0 bridgehead atoms. The molecule has 0 aromatic carbocycles. The molecule has 0 saturated carbocycles. The van der Waals surface area contributed by atoms with Crippen molar-refractivity contribution in [3.63, 3.8) is 0 Å². The molecule has 0 aliphatic carbocycles. The number of nitrogen functional groups attached to an aromatic ring is 1. The van der Waals surface area contributed by atoms with Crippen molar-refractivity contribution in [2.75, 3.05) is 18.5 Å². The van der Waals surface area contributed by atoms with Crippen molar-refractivity contribution in [1.29, 1.82) is 0 Å². The minimum Gasteiger partial charge on any atom is -0.397 e. The molecule has 0 aliphatic rings. The Hall–Kier alpha value is -1.01. The minimum absolute atomic E-state index is 0.00870. The quantitative estimate of drug-likeness (QED) is 0.645. The van der Waals surface area contributed by atoms with Crippen LogP contribution in [0.1, 0.15) is 40.8 Å². The van der Waals surface area contributed by atoms with Crippen molar-refractivity contribution in [3.05, 3.63) is 10.4 Å². The Kier molecular flexibility index (Phi) is 5.22. The number of amides is 1. The summed E-state index contributed by atoms with van der Waals surface area (Å²) in [6.45, 7) is 5.65. The van der Waals surface area contributed by atoms with Crippen molar-refractivity contribution in [1.82, 2.24) is 5.32 Å². The topological polar surface area (TPSA) is 72.2 Å². The van der Waals surface area contributed by atoms with Gasteiger partial charge < -0.3 is 11.1 Å². The molecule has 1 rings (SSSR count). The van der Waals surface area contributed by atoms with Crippen LogP contribution in [0.25, 0.3) is 0 Å². The predicted molar refractivity (Wildman–Crippen MR) is 77.7 cm³/mol. The summed E-state index contributed by atoms with van der Waals surface area (Å²) >= 11 is 2.85. The molecule has 0 aliphatic heterocycles. The Morgan fingerprint density at radius 1 is 1.44 bits per heavy atom. The molecule has 1 aromatic heterocycles. The molecule has 0 spiro atoms. The second-order valence-corrected chi connectivity index (χ2v) is 6.59. The van der Waals surface area contributed by atoms with Crippen molar-refractivity contribution in [2.45, 2.75) is 25.0 Å². The maximum atomic E-state index is 12.0. The number of ketones is 1. The average molecular weight is 286 g/mol. The SMILES string of the molecule is CCSc1sc(C(=O)C(C)C)c(N)c1C(=O)NC. The molecular formula is C12H18N2O2S2. The van der Waals surface area contributed by atoms with Gasteiger partial charge in [-0.3, -0.25) is 9.59 Å². The lowest BCUT2D eigenvalue weighted by Gasteiger charge is -2.03. The van der Waals surface area contributed by atoms with Crippen LogP contribution in [0, 0.1) is 5.92 Å². The Morgan fingerprint density at radius 3 is 2.50 bits per heavy atom. The van der Waals surface area contributed by atoms with Crippen molar-refractivity contribution in [2.24, 2.45) is 5.92 Å². The minimum atomic E-state index is -0.234. The largest absolute Gasteiger partial charge is 0.397 e. The highest BCUT2D eigenvalue weighted by molar-refractivity contribution is 8.01. The van der Waals surface area contributed by atoms with Crippen LogP contribution in [0.2, 0.25) is 0 Å². The van der Waals surface area contributed by atoms with Crippen molar-refractivity contribution >= 4 is 40.5 Å². The molecular weight excluding hydrogens is 268 g/mol. The van der Waals surface area contributed by atoms with E-state index in [1.165, 1.54) is 23.1 Å². The number of hydrogen-bond acceptors (Lipinski definition) is 5. The molecule has 0 atom stereocenters. The molecule has 0 radical (unpaired) electrons. The highest BCUT2D eigenvalue weighted by Crippen LogP contribution is 2.39. The van der Waals surface area contributed by atoms with E-state index in [1.54, 1.807) is 7.05 Å². The summed E-state index contributed by atoms with van der Waals surface area (Å²) in [6.07, 6.45) is 0. The van der Waals surface area contributed by atoms with E-state index in [-0.39, 0.29) is 17.6 Å². The molecule has 0 unspecified atom stereocenters. The fourth-order valence-corrected chi connectivity index (χ4v) is 3.93. The van der Waals surface area contributed by atoms with E-state index in [0.29, 0.717) is 16.1 Å². The van der Waals surface area contributed by atoms with Gasteiger partial charge in [-0.15, -0.1) is 23.1 Å². The summed E-state index contributed by atoms with van der Waals surface area (Å²) in [6, 6.07) is 0. The summed E-state index contributed by atoms with van der Waals surface area (Å²) in [5.41, 5.74) is 6.72. The summed E-state index contributed by atoms with van der Waals surface area (Å²) in [5.74, 6) is 0.468. The monoisotopic (exact) mass is 286 g/mol. The first-order valence-corrected chi connectivity index (χ1v) is 7.55. The third-order valence-corrected chi connectivity index (χ3v) is 4.76. The Balaban J connectivity index is 3.32. The molecule has 1 aromatic rings. The zero-order valence-corrected chi connectivity index (χ0v) is 12.6. The number of nitrogens with one attached hydrogen (secondary N) is 1. The van der Waals surface area contributed by atoms with E-state index in [0.717, 1.165) is 9.96 Å². The molecule has 1 heterocycles. The van der Waals surface area contributed by atoms with Crippen LogP contribution in [-0.4, -0.2) is 24.5 Å². The normalized spacial score (nSPS) is 10.7. The van der Waals surface area contributed by atoms with Gasteiger partial charge in [0.15, 0.2) is 5.78 Å². The lowest BCUT2D eigenvalue weighted by molar-refractivity contribution is 0.0944. The van der Waals surface area contributed by atoms with Gasteiger partial charge in [-0.25, -0.2) is 0 Å². The zero-order valence-electron chi connectivity index (χ0n) is 11.0. The van der Waals surface area contributed by atoms with E-state index < -0.39 is 0 Å². The molecule has 0 fully saturated rings. The lowest BCUT2D eigenvalue weighted by atomic mass is 10.1. The second-order valence-electron chi connectivity index (χ2n) is 4.04. The van der Waals surface area contributed by atoms with Gasteiger partial charge in [0.25, 0.3) is 5.91 Å². The zero-order chi connectivity index (χ0) is 13.9. The summed E-state index contributed by atoms with van der Waals surface area (Å²) in [4.78, 5) is 24.4. The fourth-order valence-electron chi connectivity index (χ4n) is 1.44. The van der Waals surface area contributed by atoms with Crippen LogP contribution in [0.15, 0.2) is 4.21 Å². The summed E-state index contributed by atoms with van der Waals surface area (Å²) < 4.78 is 0.818. The molecule has 18 heavy (non-hydrogen) atoms. The molecule has 0 saturated heterocycles. The highest BCUT2D eigenvalue weighted by Gasteiger charge is 2.25. The third kappa shape index (κ3) is 2.87. The molecule has 100 valence electrons. The number of carbonyl (C=O) groups excluding carboxylic acids is 2. The van der Waals surface area contributed by atoms with Crippen LogP contribution in [0.3, 0.4) is 0 Å². The van der Waals surface area contributed by atoms with E-state index in [1.807, 2.05) is 20.8 Å². The van der Waals surface area contributed by atoms with Gasteiger partial charge in [0, 0.05) is 13.0 Å². The van der Waals surface area contributed by atoms with Gasteiger partial charge in [0.05, 0.1) is 20.3 Å². The molecule has 6 heteroatoms. The van der Waals surface area contributed by atoms with Gasteiger partial charge in [-0.05, 0) is 5.75 Å². The molecule has 3 N–H and O–H groups in total. The van der Waals surface area contributed by atoms with Gasteiger partial charge in [-0.1, -0.05) is 20.8 Å². The smallest absolute Gasteiger partial charge is 0.255 e. The first-order valence-electron chi connectivity index (χ1n) is 5.75. The summed E-state index contributed by atoms with van der Waals surface area (Å²) in [5, 5.41) is 2.57. The van der Waals surface area contributed by atoms with Gasteiger partial charge in [0.1, 0.15) is 0 Å². The number of rotatable bonds is 5. The second kappa shape index (κ2) is 6.24. The molecule has 1 amide bonds. The third-order valence-electron chi connectivity index (χ3n) is 2.39. The van der Waals surface area contributed by atoms with Crippen LogP contribution in [0.5, 0.6) is 0 Å². The van der Waals surface area contributed by atoms with Gasteiger partial charge >= 0.3 is 0 Å². The van der Waals surface area contributed by atoms with Crippen molar-refractivity contribution in [3.8, 4) is 0 Å². The van der Waals surface area contributed by atoms with E-state index in [4.69, 9.17) is 5.73 Å². The Morgan fingerprint density at radius 2 is 2.06 bits per heavy atom. The number of thiophene rings is 1. The Labute approximate surface area is 115 Å². The number of Topliss-reactive ketones (excluding diaryl/α,β-unsaturated/α-hetero) is 1. The van der Waals surface area contributed by atoms with E-state index in [2.05, 4.69) is 5.32 Å². The van der Waals surface area contributed by atoms with Crippen LogP contribution < -0.4 is 11.1 Å². The van der Waals surface area contributed by atoms with E-state index >= 15 is 0 Å². The number of thioether (sulfide) groups is 1. The average Bonchev–Trinajstić information content (AvgIpc) is 2.65. The van der Waals surface area contributed by atoms with Crippen LogP contribution in [-0.2, 0) is 0 Å². The first-order chi connectivity index (χ1) is 8.43. The number of nitrogens with two attached hydrogens (primary N) is 1. The maximum absolute atomic E-state index is 12.0. The number of hydrogen-bond donors (Lipinski definition) is 2. The lowest BCUT2D eigenvalue weighted by Crippen LogP contribution is -2.19. The Bertz CT molecular complexity index is 467. The van der Waals surface area contributed by atoms with Gasteiger partial charge in [-0.2, -0.15) is 0 Å². The number of anilines is 1. The highest BCUT2D eigenvalue weighted by atomic mass is 32.2. The molecule has 4 nitrogen and oxygen atoms in total. The number of carbonyl (C=O) groups is 2. The first kappa shape index (κ1) is 15.0. The summed E-state index contributed by atoms with van der Waals surface area (Å²) in [7, 11) is 1.56.